The third-order valence-electron chi connectivity index (χ3n) is 6.45. The summed E-state index contributed by atoms with van der Waals surface area (Å²) in [4.78, 5) is 50.2. The summed E-state index contributed by atoms with van der Waals surface area (Å²) in [5, 5.41) is 20.2. The standard InChI is InChI=1S/C29H35FN4O5/c1-19(32-26(36)16-11-20-7-12-22(30)13-8-20)28(38)31-18-27(37)34-25(17-21-9-14-24(35)15-10-21)29(39)33-23-5-3-2-4-6-23/h7-16,19,23,25,35H,2-6,17-18H2,1H3,(H,31,38)(H,32,36)(H,33,39)(H,34,37)/b16-11+/t19-,25-/m0/s1. The molecule has 1 fully saturated rings. The van der Waals surface area contributed by atoms with Crippen molar-refractivity contribution >= 4 is 29.7 Å². The maximum absolute atomic E-state index is 13.0. The molecule has 2 aromatic carbocycles. The highest BCUT2D eigenvalue weighted by molar-refractivity contribution is 5.96. The van der Waals surface area contributed by atoms with Gasteiger partial charge < -0.3 is 26.4 Å². The number of halogens is 1. The average molecular weight is 539 g/mol. The van der Waals surface area contributed by atoms with Crippen LogP contribution in [0, 0.1) is 5.82 Å². The van der Waals surface area contributed by atoms with Gasteiger partial charge in [0.2, 0.25) is 23.6 Å². The first-order valence-electron chi connectivity index (χ1n) is 13.1. The van der Waals surface area contributed by atoms with Crippen LogP contribution in [0.3, 0.4) is 0 Å². The molecule has 208 valence electrons. The molecule has 0 bridgehead atoms. The minimum Gasteiger partial charge on any atom is -0.508 e. The Kier molecular flexibility index (Phi) is 11.0. The summed E-state index contributed by atoms with van der Waals surface area (Å²) in [5.74, 6) is -2.25. The van der Waals surface area contributed by atoms with Gasteiger partial charge in [0.1, 0.15) is 23.7 Å². The molecule has 9 nitrogen and oxygen atoms in total. The van der Waals surface area contributed by atoms with Gasteiger partial charge in [-0.3, -0.25) is 19.2 Å². The van der Waals surface area contributed by atoms with E-state index >= 15 is 0 Å². The first kappa shape index (κ1) is 29.3. The first-order valence-corrected chi connectivity index (χ1v) is 13.1. The minimum atomic E-state index is -0.925. The van der Waals surface area contributed by atoms with Gasteiger partial charge in [-0.05, 0) is 61.2 Å². The van der Waals surface area contributed by atoms with Crippen LogP contribution in [0.15, 0.2) is 54.6 Å². The molecule has 1 aliphatic carbocycles. The van der Waals surface area contributed by atoms with Crippen molar-refractivity contribution < 1.29 is 28.7 Å². The third kappa shape index (κ3) is 10.2. The van der Waals surface area contributed by atoms with Crippen molar-refractivity contribution in [2.75, 3.05) is 6.54 Å². The van der Waals surface area contributed by atoms with Gasteiger partial charge in [-0.1, -0.05) is 43.5 Å². The molecule has 10 heteroatoms. The lowest BCUT2D eigenvalue weighted by molar-refractivity contribution is -0.131. The molecule has 0 saturated heterocycles. The lowest BCUT2D eigenvalue weighted by atomic mass is 9.95. The Balaban J connectivity index is 1.50. The molecule has 2 atom stereocenters. The molecule has 1 saturated carbocycles. The molecule has 0 heterocycles. The Morgan fingerprint density at radius 1 is 0.949 bits per heavy atom. The number of hydrogen-bond donors (Lipinski definition) is 5. The van der Waals surface area contributed by atoms with Crippen LogP contribution in [-0.2, 0) is 25.6 Å². The van der Waals surface area contributed by atoms with Crippen LogP contribution in [0.5, 0.6) is 5.75 Å². The van der Waals surface area contributed by atoms with E-state index in [1.54, 1.807) is 12.1 Å². The summed E-state index contributed by atoms with van der Waals surface area (Å²) in [6.07, 6.45) is 7.94. The number of phenolic OH excluding ortho intramolecular Hbond substituents is 1. The van der Waals surface area contributed by atoms with Crippen LogP contribution in [0.4, 0.5) is 4.39 Å². The summed E-state index contributed by atoms with van der Waals surface area (Å²) in [6, 6.07) is 10.2. The molecule has 0 radical (unpaired) electrons. The normalized spacial score (nSPS) is 15.2. The summed E-state index contributed by atoms with van der Waals surface area (Å²) < 4.78 is 13.0. The molecule has 2 aromatic rings. The van der Waals surface area contributed by atoms with Gasteiger partial charge in [-0.2, -0.15) is 0 Å². The Bertz CT molecular complexity index is 1160. The Labute approximate surface area is 227 Å². The van der Waals surface area contributed by atoms with Crippen molar-refractivity contribution in [1.82, 2.24) is 21.3 Å². The number of amides is 4. The number of hydrogen-bond acceptors (Lipinski definition) is 5. The second-order valence-electron chi connectivity index (χ2n) is 9.67. The van der Waals surface area contributed by atoms with E-state index in [4.69, 9.17) is 0 Å². The molecule has 0 aliphatic heterocycles. The fraction of sp³-hybridized carbons (Fsp3) is 0.379. The van der Waals surface area contributed by atoms with Crippen molar-refractivity contribution in [3.05, 3.63) is 71.6 Å². The summed E-state index contributed by atoms with van der Waals surface area (Å²) in [6.45, 7) is 1.09. The number of rotatable bonds is 11. The van der Waals surface area contributed by atoms with E-state index in [9.17, 15) is 28.7 Å². The SMILES string of the molecule is C[C@H](NC(=O)/C=C/c1ccc(F)cc1)C(=O)NCC(=O)N[C@@H](Cc1ccc(O)cc1)C(=O)NC1CCCCC1. The molecule has 0 spiro atoms. The molecule has 0 aromatic heterocycles. The molecule has 5 N–H and O–H groups in total. The van der Waals surface area contributed by atoms with Crippen LogP contribution < -0.4 is 21.3 Å². The fourth-order valence-electron chi connectivity index (χ4n) is 4.26. The van der Waals surface area contributed by atoms with Crippen LogP contribution in [0.1, 0.15) is 50.2 Å². The zero-order chi connectivity index (χ0) is 28.2. The second-order valence-corrected chi connectivity index (χ2v) is 9.67. The minimum absolute atomic E-state index is 0.0618. The summed E-state index contributed by atoms with van der Waals surface area (Å²) >= 11 is 0. The topological polar surface area (TPSA) is 137 Å². The Morgan fingerprint density at radius 2 is 1.62 bits per heavy atom. The van der Waals surface area contributed by atoms with Crippen LogP contribution in [-0.4, -0.2) is 53.4 Å². The lowest BCUT2D eigenvalue weighted by Crippen LogP contribution is -2.53. The molecule has 1 aliphatic rings. The van der Waals surface area contributed by atoms with E-state index in [-0.39, 0.29) is 36.5 Å². The highest BCUT2D eigenvalue weighted by atomic mass is 19.1. The fourth-order valence-corrected chi connectivity index (χ4v) is 4.26. The van der Waals surface area contributed by atoms with Crippen molar-refractivity contribution in [2.24, 2.45) is 0 Å². The third-order valence-corrected chi connectivity index (χ3v) is 6.45. The molecule has 4 amide bonds. The van der Waals surface area contributed by atoms with Gasteiger partial charge in [-0.15, -0.1) is 0 Å². The molecule has 3 rings (SSSR count). The number of benzene rings is 2. The van der Waals surface area contributed by atoms with Crippen molar-refractivity contribution in [3.63, 3.8) is 0 Å². The largest absolute Gasteiger partial charge is 0.508 e. The van der Waals surface area contributed by atoms with Gasteiger partial charge >= 0.3 is 0 Å². The zero-order valence-corrected chi connectivity index (χ0v) is 21.9. The quantitative estimate of drug-likeness (QED) is 0.280. The van der Waals surface area contributed by atoms with Gasteiger partial charge in [0.15, 0.2) is 0 Å². The first-order chi connectivity index (χ1) is 18.7. The van der Waals surface area contributed by atoms with E-state index in [1.807, 2.05) is 0 Å². The number of aromatic hydroxyl groups is 1. The maximum Gasteiger partial charge on any atom is 0.244 e. The van der Waals surface area contributed by atoms with Gasteiger partial charge in [-0.25, -0.2) is 4.39 Å². The van der Waals surface area contributed by atoms with Gasteiger partial charge in [0.25, 0.3) is 0 Å². The van der Waals surface area contributed by atoms with E-state index in [2.05, 4.69) is 21.3 Å². The average Bonchev–Trinajstić information content (AvgIpc) is 2.92. The van der Waals surface area contributed by atoms with E-state index < -0.39 is 29.8 Å². The van der Waals surface area contributed by atoms with Crippen molar-refractivity contribution in [1.29, 1.82) is 0 Å². The maximum atomic E-state index is 13.0. The predicted molar refractivity (Wildman–Crippen MR) is 145 cm³/mol. The number of phenols is 1. The Hall–Kier alpha value is -4.21. The summed E-state index contributed by atoms with van der Waals surface area (Å²) in [7, 11) is 0. The van der Waals surface area contributed by atoms with Crippen molar-refractivity contribution in [2.45, 2.75) is 63.6 Å². The Morgan fingerprint density at radius 3 is 2.28 bits per heavy atom. The van der Waals surface area contributed by atoms with Crippen LogP contribution >= 0.6 is 0 Å². The van der Waals surface area contributed by atoms with Crippen LogP contribution in [0.25, 0.3) is 6.08 Å². The van der Waals surface area contributed by atoms with E-state index in [0.29, 0.717) is 5.56 Å². The predicted octanol–water partition coefficient (Wildman–Crippen LogP) is 2.34. The van der Waals surface area contributed by atoms with E-state index in [0.717, 1.165) is 37.7 Å². The summed E-state index contributed by atoms with van der Waals surface area (Å²) in [5.41, 5.74) is 1.38. The monoisotopic (exact) mass is 538 g/mol. The number of carbonyl (C=O) groups is 4. The lowest BCUT2D eigenvalue weighted by Gasteiger charge is -2.26. The van der Waals surface area contributed by atoms with E-state index in [1.165, 1.54) is 55.5 Å². The molecular weight excluding hydrogens is 503 g/mol. The molecule has 0 unspecified atom stereocenters. The molecular formula is C29H35FN4O5. The number of nitrogens with one attached hydrogen (secondary N) is 4. The zero-order valence-electron chi connectivity index (χ0n) is 21.9. The highest BCUT2D eigenvalue weighted by Gasteiger charge is 2.25. The van der Waals surface area contributed by atoms with Crippen molar-refractivity contribution in [3.8, 4) is 5.75 Å². The second kappa shape index (κ2) is 14.7. The number of carbonyl (C=O) groups excluding carboxylic acids is 4. The van der Waals surface area contributed by atoms with Gasteiger partial charge in [0, 0.05) is 18.5 Å². The smallest absolute Gasteiger partial charge is 0.244 e. The van der Waals surface area contributed by atoms with Crippen LogP contribution in [0.2, 0.25) is 0 Å². The van der Waals surface area contributed by atoms with Gasteiger partial charge in [0.05, 0.1) is 6.54 Å². The molecule has 39 heavy (non-hydrogen) atoms. The highest BCUT2D eigenvalue weighted by Crippen LogP contribution is 2.18.